The Kier molecular flexibility index (Phi) is 6.40. The summed E-state index contributed by atoms with van der Waals surface area (Å²) in [5.74, 6) is 0. The van der Waals surface area contributed by atoms with Crippen molar-refractivity contribution in [2.24, 2.45) is 0 Å². The monoisotopic (exact) mass is 335 g/mol. The van der Waals surface area contributed by atoms with Gasteiger partial charge in [0, 0.05) is 11.6 Å². The molecule has 6 heteroatoms. The number of rotatable bonds is 6. The lowest BCUT2D eigenvalue weighted by Crippen LogP contribution is -2.35. The Bertz CT molecular complexity index is 636. The molecule has 0 aromatic heterocycles. The van der Waals surface area contributed by atoms with Crippen LogP contribution in [0.15, 0.2) is 54.6 Å². The van der Waals surface area contributed by atoms with Crippen LogP contribution in [0.5, 0.6) is 0 Å². The highest BCUT2D eigenvalue weighted by molar-refractivity contribution is 6.30. The molecule has 0 saturated heterocycles. The quantitative estimate of drug-likeness (QED) is 0.758. The number of aliphatic hydroxyl groups excluding tert-OH is 2. The summed E-state index contributed by atoms with van der Waals surface area (Å²) in [7, 11) is 0. The van der Waals surface area contributed by atoms with Gasteiger partial charge in [0.2, 0.25) is 0 Å². The highest BCUT2D eigenvalue weighted by Crippen LogP contribution is 2.20. The number of amides is 1. The van der Waals surface area contributed by atoms with Gasteiger partial charge in [-0.15, -0.1) is 0 Å². The van der Waals surface area contributed by atoms with E-state index in [0.29, 0.717) is 10.6 Å². The Morgan fingerprint density at radius 2 is 1.87 bits per heavy atom. The molecule has 2 atom stereocenters. The van der Waals surface area contributed by atoms with E-state index in [4.69, 9.17) is 16.3 Å². The summed E-state index contributed by atoms with van der Waals surface area (Å²) in [4.78, 5) is 11.6. The van der Waals surface area contributed by atoms with Crippen LogP contribution in [0.3, 0.4) is 0 Å². The molecule has 122 valence electrons. The molecular formula is C17H18ClNO4. The van der Waals surface area contributed by atoms with Gasteiger partial charge >= 0.3 is 6.09 Å². The van der Waals surface area contributed by atoms with Crippen molar-refractivity contribution in [3.63, 3.8) is 0 Å². The average Bonchev–Trinajstić information content (AvgIpc) is 2.58. The molecule has 0 aliphatic carbocycles. The lowest BCUT2D eigenvalue weighted by atomic mass is 10.0. The van der Waals surface area contributed by atoms with Crippen molar-refractivity contribution < 1.29 is 19.7 Å². The first-order valence-corrected chi connectivity index (χ1v) is 7.50. The van der Waals surface area contributed by atoms with Crippen molar-refractivity contribution >= 4 is 17.7 Å². The number of aliphatic hydroxyl groups is 2. The molecule has 2 unspecified atom stereocenters. The van der Waals surface area contributed by atoms with Crippen molar-refractivity contribution in [1.29, 1.82) is 0 Å². The van der Waals surface area contributed by atoms with Crippen molar-refractivity contribution in [3.8, 4) is 0 Å². The molecule has 2 aromatic carbocycles. The van der Waals surface area contributed by atoms with Gasteiger partial charge in [-0.3, -0.25) is 0 Å². The van der Waals surface area contributed by atoms with Gasteiger partial charge in [-0.05, 0) is 23.3 Å². The zero-order valence-corrected chi connectivity index (χ0v) is 13.1. The maximum atomic E-state index is 11.6. The predicted octanol–water partition coefficient (Wildman–Crippen LogP) is 2.66. The maximum Gasteiger partial charge on any atom is 0.407 e. The van der Waals surface area contributed by atoms with Crippen LogP contribution >= 0.6 is 11.6 Å². The number of carbonyl (C=O) groups is 1. The molecule has 0 saturated carbocycles. The third-order valence-corrected chi connectivity index (χ3v) is 3.46. The van der Waals surface area contributed by atoms with Gasteiger partial charge in [0.05, 0.1) is 0 Å². The van der Waals surface area contributed by atoms with Gasteiger partial charge in [-0.2, -0.15) is 0 Å². The molecule has 23 heavy (non-hydrogen) atoms. The molecule has 0 fully saturated rings. The molecule has 1 amide bonds. The Labute approximate surface area is 139 Å². The summed E-state index contributed by atoms with van der Waals surface area (Å²) in [5, 5.41) is 22.8. The molecule has 0 aliphatic rings. The number of hydrogen-bond donors (Lipinski definition) is 3. The molecule has 0 spiro atoms. The van der Waals surface area contributed by atoms with E-state index in [-0.39, 0.29) is 13.2 Å². The Morgan fingerprint density at radius 3 is 2.57 bits per heavy atom. The van der Waals surface area contributed by atoms with E-state index in [0.717, 1.165) is 5.56 Å². The van der Waals surface area contributed by atoms with Crippen molar-refractivity contribution in [1.82, 2.24) is 5.32 Å². The molecule has 2 aromatic rings. The minimum atomic E-state index is -1.17. The topological polar surface area (TPSA) is 78.8 Å². The molecular weight excluding hydrogens is 318 g/mol. The molecule has 2 rings (SSSR count). The number of carbonyl (C=O) groups excluding carboxylic acids is 1. The second-order valence-corrected chi connectivity index (χ2v) is 5.45. The first-order chi connectivity index (χ1) is 11.1. The first-order valence-electron chi connectivity index (χ1n) is 7.12. The van der Waals surface area contributed by atoms with E-state index >= 15 is 0 Å². The smallest absolute Gasteiger partial charge is 0.407 e. The van der Waals surface area contributed by atoms with Crippen molar-refractivity contribution in [2.75, 3.05) is 6.54 Å². The molecule has 3 N–H and O–H groups in total. The lowest BCUT2D eigenvalue weighted by Gasteiger charge is -2.18. The van der Waals surface area contributed by atoms with E-state index in [1.807, 2.05) is 30.3 Å². The molecule has 0 heterocycles. The number of halogens is 1. The van der Waals surface area contributed by atoms with Crippen LogP contribution in [0, 0.1) is 0 Å². The normalized spacial score (nSPS) is 13.2. The minimum Gasteiger partial charge on any atom is -0.445 e. The number of hydrogen-bond acceptors (Lipinski definition) is 4. The standard InChI is InChI=1S/C17H18ClNO4/c18-14-8-4-7-13(9-14)16(21)15(20)10-19-17(22)23-11-12-5-2-1-3-6-12/h1-9,15-16,20-21H,10-11H2,(H,19,22). The van der Waals surface area contributed by atoms with Crippen LogP contribution in [0.1, 0.15) is 17.2 Å². The van der Waals surface area contributed by atoms with Crippen LogP contribution in [-0.2, 0) is 11.3 Å². The van der Waals surface area contributed by atoms with Gasteiger partial charge in [-0.25, -0.2) is 4.79 Å². The number of alkyl carbamates (subject to hydrolysis) is 1. The van der Waals surface area contributed by atoms with Crippen LogP contribution in [0.4, 0.5) is 4.79 Å². The van der Waals surface area contributed by atoms with E-state index in [1.54, 1.807) is 24.3 Å². The van der Waals surface area contributed by atoms with Gasteiger partial charge in [0.25, 0.3) is 0 Å². The Hall–Kier alpha value is -2.08. The summed E-state index contributed by atoms with van der Waals surface area (Å²) < 4.78 is 5.02. The fraction of sp³-hybridized carbons (Fsp3) is 0.235. The SMILES string of the molecule is O=C(NCC(O)C(O)c1cccc(Cl)c1)OCc1ccccc1. The van der Waals surface area contributed by atoms with E-state index < -0.39 is 18.3 Å². The largest absolute Gasteiger partial charge is 0.445 e. The van der Waals surface area contributed by atoms with Gasteiger partial charge < -0.3 is 20.3 Å². The van der Waals surface area contributed by atoms with Crippen molar-refractivity contribution in [3.05, 3.63) is 70.7 Å². The average molecular weight is 336 g/mol. The van der Waals surface area contributed by atoms with Crippen LogP contribution < -0.4 is 5.32 Å². The summed E-state index contributed by atoms with van der Waals surface area (Å²) in [5.41, 5.74) is 1.34. The lowest BCUT2D eigenvalue weighted by molar-refractivity contribution is 0.0184. The van der Waals surface area contributed by atoms with E-state index in [9.17, 15) is 15.0 Å². The molecule has 0 aliphatic heterocycles. The Balaban J connectivity index is 1.77. The second-order valence-electron chi connectivity index (χ2n) is 5.01. The summed E-state index contributed by atoms with van der Waals surface area (Å²) in [6, 6.07) is 15.8. The van der Waals surface area contributed by atoms with E-state index in [2.05, 4.69) is 5.32 Å². The summed E-state index contributed by atoms with van der Waals surface area (Å²) in [6.07, 6.45) is -2.98. The zero-order valence-electron chi connectivity index (χ0n) is 12.4. The third-order valence-electron chi connectivity index (χ3n) is 3.22. The summed E-state index contributed by atoms with van der Waals surface area (Å²) >= 11 is 5.84. The highest BCUT2D eigenvalue weighted by atomic mass is 35.5. The van der Waals surface area contributed by atoms with E-state index in [1.165, 1.54) is 0 Å². The second kappa shape index (κ2) is 8.53. The predicted molar refractivity (Wildman–Crippen MR) is 87.0 cm³/mol. The first kappa shape index (κ1) is 17.3. The highest BCUT2D eigenvalue weighted by Gasteiger charge is 2.19. The molecule has 0 bridgehead atoms. The third kappa shape index (κ3) is 5.56. The maximum absolute atomic E-state index is 11.6. The molecule has 5 nitrogen and oxygen atoms in total. The van der Waals surface area contributed by atoms with Crippen LogP contribution in [0.2, 0.25) is 5.02 Å². The minimum absolute atomic E-state index is 0.138. The number of ether oxygens (including phenoxy) is 1. The Morgan fingerprint density at radius 1 is 1.13 bits per heavy atom. The fourth-order valence-corrected chi connectivity index (χ4v) is 2.19. The zero-order chi connectivity index (χ0) is 16.7. The van der Waals surface area contributed by atoms with Gasteiger partial charge in [-0.1, -0.05) is 54.1 Å². The van der Waals surface area contributed by atoms with Gasteiger partial charge in [0.1, 0.15) is 18.8 Å². The fourth-order valence-electron chi connectivity index (χ4n) is 1.99. The molecule has 0 radical (unpaired) electrons. The summed E-state index contributed by atoms with van der Waals surface area (Å²) in [6.45, 7) is 0.000911. The van der Waals surface area contributed by atoms with Crippen LogP contribution in [-0.4, -0.2) is 29.0 Å². The number of nitrogens with one attached hydrogen (secondary N) is 1. The van der Waals surface area contributed by atoms with Crippen LogP contribution in [0.25, 0.3) is 0 Å². The number of benzene rings is 2. The van der Waals surface area contributed by atoms with Gasteiger partial charge in [0.15, 0.2) is 0 Å². The van der Waals surface area contributed by atoms with Crippen molar-refractivity contribution in [2.45, 2.75) is 18.8 Å².